The average molecular weight is 341 g/mol. The molecule has 0 aliphatic carbocycles. The number of nitrogens with zero attached hydrogens (tertiary/aromatic N) is 2. The van der Waals surface area contributed by atoms with Crippen LogP contribution in [0.2, 0.25) is 0 Å². The number of carbonyl (C=O) groups is 2. The lowest BCUT2D eigenvalue weighted by Gasteiger charge is -2.13. The van der Waals surface area contributed by atoms with Crippen molar-refractivity contribution in [3.8, 4) is 12.3 Å². The van der Waals surface area contributed by atoms with Crippen LogP contribution in [0.4, 0.5) is 0 Å². The lowest BCUT2D eigenvalue weighted by atomic mass is 10.0. The molecular formula is C14H19N3O5S. The molecule has 0 saturated carbocycles. The number of ether oxygens (including phenoxy) is 1. The van der Waals surface area contributed by atoms with Gasteiger partial charge in [0.25, 0.3) is 0 Å². The lowest BCUT2D eigenvalue weighted by molar-refractivity contribution is -0.140. The molecule has 2 aliphatic rings. The Hall–Kier alpha value is -1.95. The Labute approximate surface area is 135 Å². The summed E-state index contributed by atoms with van der Waals surface area (Å²) in [5.41, 5.74) is -0.542. The highest BCUT2D eigenvalue weighted by molar-refractivity contribution is 7.93. The first-order valence-corrected chi connectivity index (χ1v) is 9.00. The van der Waals surface area contributed by atoms with Crippen LogP contribution in [-0.4, -0.2) is 50.1 Å². The number of methoxy groups -OCH3 is 1. The van der Waals surface area contributed by atoms with Gasteiger partial charge in [0.05, 0.1) is 12.9 Å². The van der Waals surface area contributed by atoms with Crippen molar-refractivity contribution < 1.29 is 22.7 Å². The van der Waals surface area contributed by atoms with Crippen molar-refractivity contribution in [1.82, 2.24) is 5.32 Å². The molecule has 2 aliphatic heterocycles. The summed E-state index contributed by atoms with van der Waals surface area (Å²) in [5.74, 6) is 1.18. The van der Waals surface area contributed by atoms with Gasteiger partial charge in [0.2, 0.25) is 5.91 Å². The van der Waals surface area contributed by atoms with Crippen molar-refractivity contribution in [2.45, 2.75) is 49.1 Å². The second kappa shape index (κ2) is 6.66. The fraction of sp³-hybridized carbons (Fsp3) is 0.714. The Morgan fingerprint density at radius 3 is 2.65 bits per heavy atom. The normalized spacial score (nSPS) is 26.3. The Balaban J connectivity index is 1.81. The molecule has 126 valence electrons. The zero-order valence-corrected chi connectivity index (χ0v) is 13.6. The number of terminal acetylenes is 1. The molecule has 2 atom stereocenters. The fourth-order valence-electron chi connectivity index (χ4n) is 2.63. The van der Waals surface area contributed by atoms with Gasteiger partial charge in [-0.3, -0.25) is 9.59 Å². The Morgan fingerprint density at radius 1 is 1.39 bits per heavy atom. The fourth-order valence-corrected chi connectivity index (χ4v) is 4.55. The van der Waals surface area contributed by atoms with Crippen molar-refractivity contribution in [3.63, 3.8) is 0 Å². The zero-order valence-electron chi connectivity index (χ0n) is 12.8. The first-order chi connectivity index (χ1) is 10.8. The number of hydrogen-bond donors (Lipinski definition) is 1. The summed E-state index contributed by atoms with van der Waals surface area (Å²) in [6.07, 6.45) is 7.01. The molecule has 0 radical (unpaired) electrons. The van der Waals surface area contributed by atoms with Crippen LogP contribution < -0.4 is 5.32 Å². The number of hydrogen-bond acceptors (Lipinski definition) is 7. The van der Waals surface area contributed by atoms with Crippen molar-refractivity contribution in [2.24, 2.45) is 10.2 Å². The number of nitrogens with one attached hydrogen (secondary N) is 1. The molecular weight excluding hydrogens is 322 g/mol. The van der Waals surface area contributed by atoms with Crippen LogP contribution in [0.3, 0.4) is 0 Å². The van der Waals surface area contributed by atoms with Crippen LogP contribution in [0, 0.1) is 12.3 Å². The van der Waals surface area contributed by atoms with Crippen LogP contribution in [-0.2, 0) is 24.2 Å². The molecule has 0 spiro atoms. The van der Waals surface area contributed by atoms with Gasteiger partial charge in [0.1, 0.15) is 0 Å². The third-order valence-corrected chi connectivity index (χ3v) is 6.12. The van der Waals surface area contributed by atoms with E-state index in [9.17, 15) is 18.0 Å². The van der Waals surface area contributed by atoms with Crippen LogP contribution in [0.25, 0.3) is 0 Å². The van der Waals surface area contributed by atoms with E-state index in [0.29, 0.717) is 19.3 Å². The highest BCUT2D eigenvalue weighted by Gasteiger charge is 2.44. The van der Waals surface area contributed by atoms with E-state index >= 15 is 0 Å². The van der Waals surface area contributed by atoms with Gasteiger partial charge in [-0.15, -0.1) is 12.3 Å². The summed E-state index contributed by atoms with van der Waals surface area (Å²) in [6, 6.07) is -0.577. The Kier molecular flexibility index (Phi) is 5.04. The van der Waals surface area contributed by atoms with Crippen LogP contribution >= 0.6 is 0 Å². The van der Waals surface area contributed by atoms with E-state index in [1.54, 1.807) is 0 Å². The molecule has 0 aromatic rings. The van der Waals surface area contributed by atoms with Gasteiger partial charge in [-0.1, -0.05) is 0 Å². The average Bonchev–Trinajstić information content (AvgIpc) is 3.21. The van der Waals surface area contributed by atoms with E-state index in [-0.39, 0.29) is 24.5 Å². The summed E-state index contributed by atoms with van der Waals surface area (Å²) < 4.78 is 28.3. The van der Waals surface area contributed by atoms with Gasteiger partial charge in [-0.05, 0) is 6.42 Å². The summed E-state index contributed by atoms with van der Waals surface area (Å²) >= 11 is 0. The van der Waals surface area contributed by atoms with E-state index < -0.39 is 32.8 Å². The molecule has 2 rings (SSSR count). The maximum atomic E-state index is 12.0. The third kappa shape index (κ3) is 4.28. The Bertz CT molecular complexity index is 658. The minimum Gasteiger partial charge on any atom is -0.468 e. The smallest absolute Gasteiger partial charge is 0.324 e. The van der Waals surface area contributed by atoms with Gasteiger partial charge in [-0.25, -0.2) is 8.42 Å². The third-order valence-electron chi connectivity index (χ3n) is 4.00. The highest BCUT2D eigenvalue weighted by Crippen LogP contribution is 2.37. The number of esters is 1. The van der Waals surface area contributed by atoms with Crippen LogP contribution in [0.5, 0.6) is 0 Å². The van der Waals surface area contributed by atoms with E-state index in [1.165, 1.54) is 0 Å². The van der Waals surface area contributed by atoms with Crippen molar-refractivity contribution in [3.05, 3.63) is 0 Å². The molecule has 2 unspecified atom stereocenters. The predicted octanol–water partition coefficient (Wildman–Crippen LogP) is 0.187. The maximum absolute atomic E-state index is 12.0. The first-order valence-electron chi connectivity index (χ1n) is 7.28. The molecule has 1 amide bonds. The van der Waals surface area contributed by atoms with Crippen molar-refractivity contribution >= 4 is 21.7 Å². The van der Waals surface area contributed by atoms with Gasteiger partial charge in [0.15, 0.2) is 20.8 Å². The summed E-state index contributed by atoms with van der Waals surface area (Å²) in [6.45, 7) is 0. The predicted molar refractivity (Wildman–Crippen MR) is 81.0 cm³/mol. The number of rotatable bonds is 7. The maximum Gasteiger partial charge on any atom is 0.324 e. The van der Waals surface area contributed by atoms with Gasteiger partial charge in [-0.2, -0.15) is 10.2 Å². The first kappa shape index (κ1) is 17.4. The minimum absolute atomic E-state index is 0.0394. The van der Waals surface area contributed by atoms with Crippen LogP contribution in [0.15, 0.2) is 10.2 Å². The summed E-state index contributed by atoms with van der Waals surface area (Å²) in [5, 5.41) is 9.32. The highest BCUT2D eigenvalue weighted by atomic mass is 32.2. The van der Waals surface area contributed by atoms with Gasteiger partial charge in [0, 0.05) is 31.7 Å². The number of carbonyl (C=O) groups excluding carboxylic acids is 2. The molecule has 8 nitrogen and oxygen atoms in total. The second-order valence-electron chi connectivity index (χ2n) is 5.73. The number of sulfone groups is 1. The molecule has 1 fully saturated rings. The monoisotopic (exact) mass is 341 g/mol. The molecule has 0 aromatic carbocycles. The van der Waals surface area contributed by atoms with E-state index in [0.717, 1.165) is 7.11 Å². The molecule has 2 heterocycles. The topological polar surface area (TPSA) is 114 Å². The van der Waals surface area contributed by atoms with Gasteiger partial charge >= 0.3 is 5.97 Å². The lowest BCUT2D eigenvalue weighted by Crippen LogP contribution is -2.36. The standard InChI is InChI=1S/C14H19N3O5S/c1-3-4-6-14(16-17-14)7-5-12(18)15-10-8-11(13(19)22-2)23(20,21)9-10/h1,10-11H,4-9H2,2H3,(H,15,18). The van der Waals surface area contributed by atoms with Crippen molar-refractivity contribution in [1.29, 1.82) is 0 Å². The molecule has 1 saturated heterocycles. The second-order valence-corrected chi connectivity index (χ2v) is 7.96. The molecule has 9 heteroatoms. The number of amides is 1. The minimum atomic E-state index is -3.58. The van der Waals surface area contributed by atoms with Crippen LogP contribution in [0.1, 0.15) is 32.1 Å². The summed E-state index contributed by atoms with van der Waals surface area (Å²) in [4.78, 5) is 23.4. The SMILES string of the molecule is C#CCCC1(CCC(=O)NC2CC(C(=O)OC)S(=O)(=O)C2)N=N1. The molecule has 23 heavy (non-hydrogen) atoms. The van der Waals surface area contributed by atoms with Gasteiger partial charge < -0.3 is 10.1 Å². The zero-order chi connectivity index (χ0) is 17.1. The molecule has 0 bridgehead atoms. The van der Waals surface area contributed by atoms with E-state index in [1.807, 2.05) is 0 Å². The quantitative estimate of drug-likeness (QED) is 0.524. The molecule has 1 N–H and O–H groups in total. The summed E-state index contributed by atoms with van der Waals surface area (Å²) in [7, 11) is -2.44. The Morgan fingerprint density at radius 2 is 2.09 bits per heavy atom. The van der Waals surface area contributed by atoms with E-state index in [4.69, 9.17) is 6.42 Å². The molecule has 0 aromatic heterocycles. The largest absolute Gasteiger partial charge is 0.468 e. The van der Waals surface area contributed by atoms with E-state index in [2.05, 4.69) is 26.2 Å². The van der Waals surface area contributed by atoms with Crippen molar-refractivity contribution in [2.75, 3.05) is 12.9 Å².